The van der Waals surface area contributed by atoms with Crippen LogP contribution in [0.15, 0.2) is 4.90 Å². The van der Waals surface area contributed by atoms with Crippen LogP contribution in [0, 0.1) is 6.92 Å². The van der Waals surface area contributed by atoms with Crippen LogP contribution in [0.3, 0.4) is 0 Å². The first kappa shape index (κ1) is 14.9. The van der Waals surface area contributed by atoms with Gasteiger partial charge < -0.3 is 10.1 Å². The third-order valence-electron chi connectivity index (χ3n) is 2.09. The standard InChI is InChI=1S/C9H14ClN3O4S/c1-3-17-5-4-11-9(14)7-8(18(10,15)16)6(2)12-13-7/h3-5H2,1-2H3,(H,11,14)(H,12,13). The van der Waals surface area contributed by atoms with Crippen molar-refractivity contribution in [1.29, 1.82) is 0 Å². The molecule has 1 amide bonds. The van der Waals surface area contributed by atoms with E-state index in [1.54, 1.807) is 0 Å². The van der Waals surface area contributed by atoms with E-state index < -0.39 is 15.0 Å². The van der Waals surface area contributed by atoms with Crippen LogP contribution in [0.25, 0.3) is 0 Å². The van der Waals surface area contributed by atoms with E-state index in [2.05, 4.69) is 15.5 Å². The van der Waals surface area contributed by atoms with Crippen molar-refractivity contribution in [2.75, 3.05) is 19.8 Å². The molecule has 0 radical (unpaired) electrons. The summed E-state index contributed by atoms with van der Waals surface area (Å²) in [7, 11) is 1.23. The molecule has 0 unspecified atom stereocenters. The van der Waals surface area contributed by atoms with Gasteiger partial charge in [0, 0.05) is 23.8 Å². The minimum Gasteiger partial charge on any atom is -0.380 e. The third-order valence-corrected chi connectivity index (χ3v) is 3.54. The lowest BCUT2D eigenvalue weighted by atomic mass is 10.3. The summed E-state index contributed by atoms with van der Waals surface area (Å²) in [5.41, 5.74) is -0.0149. The van der Waals surface area contributed by atoms with Gasteiger partial charge in [-0.15, -0.1) is 0 Å². The Morgan fingerprint density at radius 3 is 2.78 bits per heavy atom. The second kappa shape index (κ2) is 6.17. The minimum atomic E-state index is -4.01. The average molecular weight is 296 g/mol. The number of rotatable bonds is 6. The van der Waals surface area contributed by atoms with Crippen molar-refractivity contribution in [3.63, 3.8) is 0 Å². The molecule has 1 aromatic heterocycles. The number of carbonyl (C=O) groups is 1. The molecule has 9 heteroatoms. The summed E-state index contributed by atoms with van der Waals surface area (Å²) in [5, 5.41) is 8.55. The van der Waals surface area contributed by atoms with Crippen LogP contribution < -0.4 is 5.32 Å². The highest BCUT2D eigenvalue weighted by Gasteiger charge is 2.26. The van der Waals surface area contributed by atoms with Gasteiger partial charge in [-0.3, -0.25) is 9.89 Å². The van der Waals surface area contributed by atoms with Crippen molar-refractivity contribution in [1.82, 2.24) is 15.5 Å². The quantitative estimate of drug-likeness (QED) is 0.585. The topological polar surface area (TPSA) is 101 Å². The van der Waals surface area contributed by atoms with Gasteiger partial charge in [-0.25, -0.2) is 8.42 Å². The first-order valence-corrected chi connectivity index (χ1v) is 7.54. The molecule has 2 N–H and O–H groups in total. The second-order valence-corrected chi connectivity index (χ2v) is 5.92. The largest absolute Gasteiger partial charge is 0.380 e. The van der Waals surface area contributed by atoms with Gasteiger partial charge in [-0.2, -0.15) is 5.10 Å². The maximum absolute atomic E-state index is 11.7. The van der Waals surface area contributed by atoms with Crippen LogP contribution in [-0.2, 0) is 13.8 Å². The lowest BCUT2D eigenvalue weighted by molar-refractivity contribution is 0.0914. The Bertz CT molecular complexity index is 526. The third kappa shape index (κ3) is 3.69. The summed E-state index contributed by atoms with van der Waals surface area (Å²) in [6, 6.07) is 0. The molecular weight excluding hydrogens is 282 g/mol. The van der Waals surface area contributed by atoms with Crippen LogP contribution in [-0.4, -0.2) is 44.3 Å². The summed E-state index contributed by atoms with van der Waals surface area (Å²) >= 11 is 0. The van der Waals surface area contributed by atoms with Crippen molar-refractivity contribution in [2.24, 2.45) is 0 Å². The zero-order valence-electron chi connectivity index (χ0n) is 9.99. The molecule has 0 spiro atoms. The molecule has 0 saturated carbocycles. The van der Waals surface area contributed by atoms with Crippen LogP contribution >= 0.6 is 10.7 Å². The fourth-order valence-corrected chi connectivity index (χ4v) is 2.68. The first-order chi connectivity index (χ1) is 8.38. The van der Waals surface area contributed by atoms with Crippen LogP contribution in [0.5, 0.6) is 0 Å². The number of hydrogen-bond acceptors (Lipinski definition) is 5. The molecule has 0 saturated heterocycles. The molecule has 0 fully saturated rings. The number of aryl methyl sites for hydroxylation is 1. The Labute approximate surface area is 109 Å². The molecule has 0 aliphatic heterocycles. The first-order valence-electron chi connectivity index (χ1n) is 5.23. The van der Waals surface area contributed by atoms with Crippen molar-refractivity contribution in [3.05, 3.63) is 11.4 Å². The van der Waals surface area contributed by atoms with Crippen LogP contribution in [0.1, 0.15) is 23.1 Å². The number of ether oxygens (including phenoxy) is 1. The van der Waals surface area contributed by atoms with E-state index in [-0.39, 0.29) is 22.8 Å². The zero-order chi connectivity index (χ0) is 13.8. The van der Waals surface area contributed by atoms with Gasteiger partial charge in [0.25, 0.3) is 15.0 Å². The van der Waals surface area contributed by atoms with E-state index >= 15 is 0 Å². The van der Waals surface area contributed by atoms with Crippen molar-refractivity contribution >= 4 is 25.6 Å². The normalized spacial score (nSPS) is 11.5. The molecular formula is C9H14ClN3O4S. The highest BCUT2D eigenvalue weighted by Crippen LogP contribution is 2.21. The Kier molecular flexibility index (Phi) is 5.12. The summed E-state index contributed by atoms with van der Waals surface area (Å²) in [5.74, 6) is -0.613. The molecule has 0 bridgehead atoms. The molecule has 1 aromatic rings. The molecule has 0 aliphatic carbocycles. The SMILES string of the molecule is CCOCCNC(=O)c1n[nH]c(C)c1S(=O)(=O)Cl. The molecule has 0 atom stereocenters. The van der Waals surface area contributed by atoms with Crippen LogP contribution in [0.4, 0.5) is 0 Å². The number of aromatic amines is 1. The molecule has 1 heterocycles. The molecule has 0 aromatic carbocycles. The van der Waals surface area contributed by atoms with E-state index in [0.717, 1.165) is 0 Å². The number of hydrogen-bond donors (Lipinski definition) is 2. The Morgan fingerprint density at radius 1 is 1.56 bits per heavy atom. The zero-order valence-corrected chi connectivity index (χ0v) is 11.6. The van der Waals surface area contributed by atoms with Gasteiger partial charge in [0.1, 0.15) is 4.90 Å². The summed E-state index contributed by atoms with van der Waals surface area (Å²) in [6.07, 6.45) is 0. The lowest BCUT2D eigenvalue weighted by Crippen LogP contribution is -2.28. The van der Waals surface area contributed by atoms with E-state index in [0.29, 0.717) is 13.2 Å². The number of aromatic nitrogens is 2. The minimum absolute atomic E-state index is 0.222. The Balaban J connectivity index is 2.81. The number of nitrogens with one attached hydrogen (secondary N) is 2. The molecule has 0 aliphatic rings. The molecule has 18 heavy (non-hydrogen) atoms. The maximum Gasteiger partial charge on any atom is 0.273 e. The summed E-state index contributed by atoms with van der Waals surface area (Å²) in [4.78, 5) is 11.4. The number of nitrogens with zero attached hydrogens (tertiary/aromatic N) is 1. The van der Waals surface area contributed by atoms with Crippen molar-refractivity contribution in [2.45, 2.75) is 18.7 Å². The monoisotopic (exact) mass is 295 g/mol. The average Bonchev–Trinajstić information content (AvgIpc) is 2.66. The molecule has 1 rings (SSSR count). The Morgan fingerprint density at radius 2 is 2.22 bits per heavy atom. The van der Waals surface area contributed by atoms with Gasteiger partial charge >= 0.3 is 0 Å². The summed E-state index contributed by atoms with van der Waals surface area (Å²) < 4.78 is 27.7. The number of carbonyl (C=O) groups excluding carboxylic acids is 1. The predicted octanol–water partition coefficient (Wildman–Crippen LogP) is 0.412. The fourth-order valence-electron chi connectivity index (χ4n) is 1.34. The highest BCUT2D eigenvalue weighted by atomic mass is 35.7. The van der Waals surface area contributed by atoms with Gasteiger partial charge in [-0.1, -0.05) is 0 Å². The van der Waals surface area contributed by atoms with Crippen molar-refractivity contribution in [3.8, 4) is 0 Å². The van der Waals surface area contributed by atoms with E-state index in [4.69, 9.17) is 15.4 Å². The Hall–Kier alpha value is -1.12. The van der Waals surface area contributed by atoms with Crippen LogP contribution in [0.2, 0.25) is 0 Å². The summed E-state index contributed by atoms with van der Waals surface area (Å²) in [6.45, 7) is 4.45. The molecule has 102 valence electrons. The lowest BCUT2D eigenvalue weighted by Gasteiger charge is -2.04. The number of H-pyrrole nitrogens is 1. The number of halogens is 1. The van der Waals surface area contributed by atoms with Gasteiger partial charge in [0.2, 0.25) is 0 Å². The number of amides is 1. The van der Waals surface area contributed by atoms with Gasteiger partial charge in [0.15, 0.2) is 5.69 Å². The van der Waals surface area contributed by atoms with E-state index in [9.17, 15) is 13.2 Å². The van der Waals surface area contributed by atoms with Gasteiger partial charge in [-0.05, 0) is 13.8 Å². The van der Waals surface area contributed by atoms with E-state index in [1.165, 1.54) is 6.92 Å². The highest BCUT2D eigenvalue weighted by molar-refractivity contribution is 8.13. The predicted molar refractivity (Wildman–Crippen MR) is 65.2 cm³/mol. The van der Waals surface area contributed by atoms with E-state index in [1.807, 2.05) is 6.92 Å². The van der Waals surface area contributed by atoms with Crippen molar-refractivity contribution < 1.29 is 17.9 Å². The molecule has 7 nitrogen and oxygen atoms in total. The fraction of sp³-hybridized carbons (Fsp3) is 0.556. The second-order valence-electron chi connectivity index (χ2n) is 3.42. The van der Waals surface area contributed by atoms with Gasteiger partial charge in [0.05, 0.1) is 12.3 Å². The smallest absolute Gasteiger partial charge is 0.273 e. The maximum atomic E-state index is 11.7.